The highest BCUT2D eigenvalue weighted by atomic mass is 31.2. The summed E-state index contributed by atoms with van der Waals surface area (Å²) in [5.74, 6) is -0.770. The molecule has 0 bridgehead atoms. The lowest BCUT2D eigenvalue weighted by atomic mass is 10.3. The minimum Gasteiger partial charge on any atom is -0.466 e. The molecule has 0 aliphatic rings. The minimum absolute atomic E-state index is 0.0928. The SMILES string of the molecule is CCOC(=O)CCCOP(=O)(O)OCCCC(=O)OCC. The third-order valence-corrected chi connectivity index (χ3v) is 3.19. The van der Waals surface area contributed by atoms with Gasteiger partial charge in [0.2, 0.25) is 0 Å². The lowest BCUT2D eigenvalue weighted by Crippen LogP contribution is -2.07. The summed E-state index contributed by atoms with van der Waals surface area (Å²) in [6.07, 6.45) is 0.735. The number of phosphoric ester groups is 1. The first-order valence-corrected chi connectivity index (χ1v) is 8.34. The first-order valence-electron chi connectivity index (χ1n) is 6.84. The Bertz CT molecular complexity index is 327. The molecule has 9 heteroatoms. The van der Waals surface area contributed by atoms with Crippen LogP contribution in [0.25, 0.3) is 0 Å². The van der Waals surface area contributed by atoms with Gasteiger partial charge in [0.05, 0.1) is 26.4 Å². The molecule has 0 radical (unpaired) electrons. The Hall–Kier alpha value is -0.950. The Morgan fingerprint density at radius 2 is 1.29 bits per heavy atom. The average molecular weight is 326 g/mol. The summed E-state index contributed by atoms with van der Waals surface area (Å²) >= 11 is 0. The van der Waals surface area contributed by atoms with E-state index >= 15 is 0 Å². The normalized spacial score (nSPS) is 11.2. The summed E-state index contributed by atoms with van der Waals surface area (Å²) in [6.45, 7) is 3.79. The van der Waals surface area contributed by atoms with E-state index in [9.17, 15) is 19.0 Å². The van der Waals surface area contributed by atoms with Crippen molar-refractivity contribution in [3.05, 3.63) is 0 Å². The quantitative estimate of drug-likeness (QED) is 0.328. The Balaban J connectivity index is 3.67. The van der Waals surface area contributed by atoms with Gasteiger partial charge in [0.1, 0.15) is 0 Å². The van der Waals surface area contributed by atoms with Gasteiger partial charge >= 0.3 is 19.8 Å². The molecule has 0 unspecified atom stereocenters. The largest absolute Gasteiger partial charge is 0.472 e. The van der Waals surface area contributed by atoms with E-state index in [2.05, 4.69) is 9.05 Å². The van der Waals surface area contributed by atoms with Crippen molar-refractivity contribution in [3.63, 3.8) is 0 Å². The third kappa shape index (κ3) is 12.5. The van der Waals surface area contributed by atoms with Crippen LogP contribution in [0.2, 0.25) is 0 Å². The molecule has 0 aromatic carbocycles. The van der Waals surface area contributed by atoms with Gasteiger partial charge in [-0.25, -0.2) is 4.57 Å². The molecule has 0 rings (SSSR count). The smallest absolute Gasteiger partial charge is 0.466 e. The monoisotopic (exact) mass is 326 g/mol. The highest BCUT2D eigenvalue weighted by molar-refractivity contribution is 7.47. The molecule has 0 saturated heterocycles. The number of hydrogen-bond donors (Lipinski definition) is 1. The molecule has 0 aliphatic carbocycles. The van der Waals surface area contributed by atoms with Crippen molar-refractivity contribution in [2.75, 3.05) is 26.4 Å². The zero-order valence-corrected chi connectivity index (χ0v) is 13.3. The standard InChI is InChI=1S/C12H23O8P/c1-3-17-11(13)7-5-9-19-21(15,16)20-10-6-8-12(14)18-4-2/h3-10H2,1-2H3,(H,15,16). The van der Waals surface area contributed by atoms with Crippen LogP contribution in [-0.2, 0) is 32.7 Å². The molecule has 1 N–H and O–H groups in total. The Morgan fingerprint density at radius 3 is 1.62 bits per heavy atom. The lowest BCUT2D eigenvalue weighted by molar-refractivity contribution is -0.144. The molecule has 0 heterocycles. The van der Waals surface area contributed by atoms with Crippen LogP contribution < -0.4 is 0 Å². The van der Waals surface area contributed by atoms with Gasteiger partial charge in [-0.2, -0.15) is 0 Å². The maximum absolute atomic E-state index is 11.4. The van der Waals surface area contributed by atoms with Crippen LogP contribution in [0, 0.1) is 0 Å². The fourth-order valence-corrected chi connectivity index (χ4v) is 2.09. The van der Waals surface area contributed by atoms with Gasteiger partial charge in [0.25, 0.3) is 0 Å². The number of carbonyl (C=O) groups excluding carboxylic acids is 2. The molecule has 0 aliphatic heterocycles. The number of esters is 2. The zero-order chi connectivity index (χ0) is 16.1. The van der Waals surface area contributed by atoms with Gasteiger partial charge in [0, 0.05) is 12.8 Å². The van der Waals surface area contributed by atoms with Crippen LogP contribution in [0.3, 0.4) is 0 Å². The van der Waals surface area contributed by atoms with Gasteiger partial charge in [-0.15, -0.1) is 0 Å². The van der Waals surface area contributed by atoms with Crippen LogP contribution in [0.1, 0.15) is 39.5 Å². The first-order chi connectivity index (χ1) is 9.91. The van der Waals surface area contributed by atoms with Crippen molar-refractivity contribution in [1.82, 2.24) is 0 Å². The molecule has 0 aromatic heterocycles. The predicted molar refractivity (Wildman–Crippen MR) is 73.5 cm³/mol. The van der Waals surface area contributed by atoms with Crippen LogP contribution in [0.5, 0.6) is 0 Å². The van der Waals surface area contributed by atoms with Gasteiger partial charge in [-0.1, -0.05) is 0 Å². The maximum atomic E-state index is 11.4. The first kappa shape index (κ1) is 20.1. The van der Waals surface area contributed by atoms with E-state index in [1.807, 2.05) is 0 Å². The summed E-state index contributed by atoms with van der Waals surface area (Å²) in [6, 6.07) is 0. The Kier molecular flexibility index (Phi) is 11.2. The van der Waals surface area contributed by atoms with E-state index in [4.69, 9.17) is 9.47 Å². The van der Waals surface area contributed by atoms with E-state index in [-0.39, 0.29) is 50.8 Å². The van der Waals surface area contributed by atoms with Gasteiger partial charge in [-0.3, -0.25) is 18.6 Å². The van der Waals surface area contributed by atoms with Crippen LogP contribution in [0.15, 0.2) is 0 Å². The molecule has 0 saturated carbocycles. The van der Waals surface area contributed by atoms with Crippen molar-refractivity contribution in [2.45, 2.75) is 39.5 Å². The second-order valence-electron chi connectivity index (χ2n) is 3.95. The predicted octanol–water partition coefficient (Wildman–Crippen LogP) is 1.81. The summed E-state index contributed by atoms with van der Waals surface area (Å²) in [4.78, 5) is 31.4. The fourth-order valence-electron chi connectivity index (χ4n) is 1.30. The van der Waals surface area contributed by atoms with Gasteiger partial charge < -0.3 is 14.4 Å². The Labute approximate surface area is 124 Å². The third-order valence-electron chi connectivity index (χ3n) is 2.17. The maximum Gasteiger partial charge on any atom is 0.472 e. The van der Waals surface area contributed by atoms with Gasteiger partial charge in [0.15, 0.2) is 0 Å². The van der Waals surface area contributed by atoms with E-state index < -0.39 is 7.82 Å². The molecule has 0 spiro atoms. The Morgan fingerprint density at radius 1 is 0.905 bits per heavy atom. The topological polar surface area (TPSA) is 108 Å². The molecule has 8 nitrogen and oxygen atoms in total. The number of ether oxygens (including phenoxy) is 2. The summed E-state index contributed by atoms with van der Waals surface area (Å²) in [7, 11) is -4.15. The van der Waals surface area contributed by atoms with Crippen molar-refractivity contribution in [1.29, 1.82) is 0 Å². The molecule has 0 aromatic rings. The number of phosphoric acid groups is 1. The van der Waals surface area contributed by atoms with Gasteiger partial charge in [-0.05, 0) is 26.7 Å². The minimum atomic E-state index is -4.15. The number of hydrogen-bond acceptors (Lipinski definition) is 7. The van der Waals surface area contributed by atoms with E-state index in [1.165, 1.54) is 0 Å². The van der Waals surface area contributed by atoms with E-state index in [0.29, 0.717) is 13.2 Å². The molecule has 0 amide bonds. The molecular formula is C12H23O8P. The van der Waals surface area contributed by atoms with E-state index in [0.717, 1.165) is 0 Å². The van der Waals surface area contributed by atoms with Crippen LogP contribution in [0.4, 0.5) is 0 Å². The average Bonchev–Trinajstić information content (AvgIpc) is 2.41. The highest BCUT2D eigenvalue weighted by Gasteiger charge is 2.20. The second-order valence-corrected chi connectivity index (χ2v) is 5.41. The van der Waals surface area contributed by atoms with E-state index in [1.54, 1.807) is 13.8 Å². The van der Waals surface area contributed by atoms with Crippen LogP contribution >= 0.6 is 7.82 Å². The molecular weight excluding hydrogens is 303 g/mol. The fraction of sp³-hybridized carbons (Fsp3) is 0.833. The van der Waals surface area contributed by atoms with Crippen molar-refractivity contribution < 1.29 is 37.6 Å². The van der Waals surface area contributed by atoms with Crippen molar-refractivity contribution in [2.24, 2.45) is 0 Å². The zero-order valence-electron chi connectivity index (χ0n) is 12.4. The molecule has 21 heavy (non-hydrogen) atoms. The van der Waals surface area contributed by atoms with Crippen LogP contribution in [-0.4, -0.2) is 43.3 Å². The number of rotatable bonds is 12. The van der Waals surface area contributed by atoms with Crippen molar-refractivity contribution >= 4 is 19.8 Å². The highest BCUT2D eigenvalue weighted by Crippen LogP contribution is 2.43. The summed E-state index contributed by atoms with van der Waals surface area (Å²) in [5, 5.41) is 0. The molecule has 0 atom stereocenters. The lowest BCUT2D eigenvalue weighted by Gasteiger charge is -2.11. The van der Waals surface area contributed by atoms with Crippen molar-refractivity contribution in [3.8, 4) is 0 Å². The summed E-state index contributed by atoms with van der Waals surface area (Å²) < 4.78 is 30.2. The summed E-state index contributed by atoms with van der Waals surface area (Å²) in [5.41, 5.74) is 0. The molecule has 124 valence electrons. The second kappa shape index (κ2) is 11.7. The number of carbonyl (C=O) groups is 2. The molecule has 0 fully saturated rings.